The lowest BCUT2D eigenvalue weighted by Crippen LogP contribution is -2.34. The number of carbonyl (C=O) groups excluding carboxylic acids is 1. The van der Waals surface area contributed by atoms with Crippen LogP contribution in [0.25, 0.3) is 0 Å². The highest BCUT2D eigenvalue weighted by Crippen LogP contribution is 2.27. The summed E-state index contributed by atoms with van der Waals surface area (Å²) in [6.45, 7) is 1.83. The summed E-state index contributed by atoms with van der Waals surface area (Å²) in [6.07, 6.45) is 0. The van der Waals surface area contributed by atoms with Gasteiger partial charge in [0.15, 0.2) is 5.11 Å². The van der Waals surface area contributed by atoms with E-state index in [-0.39, 0.29) is 10.8 Å². The zero-order valence-electron chi connectivity index (χ0n) is 12.7. The normalized spacial score (nSPS) is 10.2. The molecule has 8 heteroatoms. The summed E-state index contributed by atoms with van der Waals surface area (Å²) < 4.78 is 20.4. The van der Waals surface area contributed by atoms with Gasteiger partial charge in [-0.25, -0.2) is 4.39 Å². The molecule has 0 heterocycles. The van der Waals surface area contributed by atoms with Crippen molar-refractivity contribution >= 4 is 60.8 Å². The largest absolute Gasteiger partial charge is 0.496 e. The van der Waals surface area contributed by atoms with E-state index in [1.807, 2.05) is 13.0 Å². The van der Waals surface area contributed by atoms with Crippen LogP contribution < -0.4 is 15.4 Å². The van der Waals surface area contributed by atoms with Crippen molar-refractivity contribution in [1.82, 2.24) is 5.32 Å². The van der Waals surface area contributed by atoms with Crippen LogP contribution in [0.5, 0.6) is 5.75 Å². The lowest BCUT2D eigenvalue weighted by atomic mass is 10.1. The van der Waals surface area contributed by atoms with Gasteiger partial charge in [-0.2, -0.15) is 0 Å². The Morgan fingerprint density at radius 1 is 1.21 bits per heavy atom. The van der Waals surface area contributed by atoms with Crippen LogP contribution in [0.3, 0.4) is 0 Å². The third kappa shape index (κ3) is 4.52. The number of nitrogens with one attached hydrogen (secondary N) is 2. The minimum atomic E-state index is -0.489. The number of halogens is 3. The van der Waals surface area contributed by atoms with E-state index in [1.54, 1.807) is 12.1 Å². The SMILES string of the molecule is COc1c(C)cc(Br)cc1C(=O)NC(=S)Nc1ccc(Br)cc1F. The van der Waals surface area contributed by atoms with E-state index in [9.17, 15) is 9.18 Å². The van der Waals surface area contributed by atoms with Crippen molar-refractivity contribution in [2.75, 3.05) is 12.4 Å². The van der Waals surface area contributed by atoms with Crippen molar-refractivity contribution in [2.45, 2.75) is 6.92 Å². The van der Waals surface area contributed by atoms with E-state index in [1.165, 1.54) is 19.2 Å². The fourth-order valence-electron chi connectivity index (χ4n) is 2.08. The maximum absolute atomic E-state index is 13.8. The summed E-state index contributed by atoms with van der Waals surface area (Å²) in [6, 6.07) is 7.94. The predicted octanol–water partition coefficient (Wildman–Crippen LogP) is 4.79. The summed E-state index contributed by atoms with van der Waals surface area (Å²) in [5.41, 5.74) is 1.29. The van der Waals surface area contributed by atoms with Gasteiger partial charge in [0.25, 0.3) is 5.91 Å². The van der Waals surface area contributed by atoms with Gasteiger partial charge in [0.2, 0.25) is 0 Å². The van der Waals surface area contributed by atoms with E-state index < -0.39 is 11.7 Å². The van der Waals surface area contributed by atoms with Gasteiger partial charge in [-0.1, -0.05) is 31.9 Å². The molecule has 1 amide bonds. The number of rotatable bonds is 3. The first-order valence-electron chi connectivity index (χ1n) is 6.73. The highest BCUT2D eigenvalue weighted by Gasteiger charge is 2.17. The van der Waals surface area contributed by atoms with Crippen LogP contribution in [0.4, 0.5) is 10.1 Å². The van der Waals surface area contributed by atoms with Crippen LogP contribution in [0.1, 0.15) is 15.9 Å². The third-order valence-electron chi connectivity index (χ3n) is 3.09. The number of hydrogen-bond donors (Lipinski definition) is 2. The van der Waals surface area contributed by atoms with Gasteiger partial charge in [0.1, 0.15) is 11.6 Å². The van der Waals surface area contributed by atoms with E-state index in [0.717, 1.165) is 10.0 Å². The Hall–Kier alpha value is -1.51. The lowest BCUT2D eigenvalue weighted by molar-refractivity contribution is 0.0974. The second-order valence-corrected chi connectivity index (χ2v) is 7.08. The molecule has 2 aromatic rings. The summed E-state index contributed by atoms with van der Waals surface area (Å²) in [7, 11) is 1.49. The van der Waals surface area contributed by atoms with Gasteiger partial charge in [-0.3, -0.25) is 10.1 Å². The second-order valence-electron chi connectivity index (χ2n) is 4.84. The van der Waals surface area contributed by atoms with Crippen LogP contribution in [0.15, 0.2) is 39.3 Å². The molecule has 24 heavy (non-hydrogen) atoms. The van der Waals surface area contributed by atoms with Crippen molar-refractivity contribution in [3.8, 4) is 5.75 Å². The number of methoxy groups -OCH3 is 1. The number of hydrogen-bond acceptors (Lipinski definition) is 3. The van der Waals surface area contributed by atoms with Crippen molar-refractivity contribution in [1.29, 1.82) is 0 Å². The van der Waals surface area contributed by atoms with Gasteiger partial charge in [-0.05, 0) is 55.0 Å². The molecule has 0 spiro atoms. The molecule has 2 rings (SSSR count). The van der Waals surface area contributed by atoms with Crippen molar-refractivity contribution in [2.24, 2.45) is 0 Å². The topological polar surface area (TPSA) is 50.4 Å². The molecule has 0 radical (unpaired) electrons. The number of anilines is 1. The van der Waals surface area contributed by atoms with Gasteiger partial charge < -0.3 is 10.1 Å². The number of thiocarbonyl (C=S) groups is 1. The van der Waals surface area contributed by atoms with Gasteiger partial charge in [0.05, 0.1) is 18.4 Å². The fourth-order valence-corrected chi connectivity index (χ4v) is 3.19. The molecule has 0 aromatic heterocycles. The molecular weight excluding hydrogens is 463 g/mol. The molecule has 0 bridgehead atoms. The molecule has 0 aliphatic carbocycles. The fraction of sp³-hybridized carbons (Fsp3) is 0.125. The average Bonchev–Trinajstić information content (AvgIpc) is 2.49. The van der Waals surface area contributed by atoms with Crippen molar-refractivity contribution < 1.29 is 13.9 Å². The molecule has 0 aliphatic rings. The van der Waals surface area contributed by atoms with E-state index in [4.69, 9.17) is 17.0 Å². The molecular formula is C16H13Br2FN2O2S. The Morgan fingerprint density at radius 2 is 1.92 bits per heavy atom. The minimum Gasteiger partial charge on any atom is -0.496 e. The highest BCUT2D eigenvalue weighted by molar-refractivity contribution is 9.10. The summed E-state index contributed by atoms with van der Waals surface area (Å²) in [4.78, 5) is 12.4. The Bertz CT molecular complexity index is 815. The zero-order valence-corrected chi connectivity index (χ0v) is 16.7. The monoisotopic (exact) mass is 474 g/mol. The predicted molar refractivity (Wildman–Crippen MR) is 103 cm³/mol. The van der Waals surface area contributed by atoms with Crippen LogP contribution in [0.2, 0.25) is 0 Å². The number of ether oxygens (including phenoxy) is 1. The Labute approximate surface area is 161 Å². The molecule has 0 aliphatic heterocycles. The van der Waals surface area contributed by atoms with E-state index >= 15 is 0 Å². The highest BCUT2D eigenvalue weighted by atomic mass is 79.9. The molecule has 2 aromatic carbocycles. The molecule has 0 saturated heterocycles. The number of carbonyl (C=O) groups is 1. The molecule has 0 atom stereocenters. The Balaban J connectivity index is 2.16. The summed E-state index contributed by atoms with van der Waals surface area (Å²) in [5.74, 6) is -0.489. The Kier molecular flexibility index (Phi) is 6.31. The maximum Gasteiger partial charge on any atom is 0.261 e. The Morgan fingerprint density at radius 3 is 2.54 bits per heavy atom. The quantitative estimate of drug-likeness (QED) is 0.626. The molecule has 0 fully saturated rings. The van der Waals surface area contributed by atoms with Crippen LogP contribution >= 0.6 is 44.1 Å². The van der Waals surface area contributed by atoms with Crippen molar-refractivity contribution in [3.63, 3.8) is 0 Å². The molecule has 126 valence electrons. The summed E-state index contributed by atoms with van der Waals surface area (Å²) in [5, 5.41) is 5.16. The van der Waals surface area contributed by atoms with E-state index in [0.29, 0.717) is 15.8 Å². The van der Waals surface area contributed by atoms with Gasteiger partial charge >= 0.3 is 0 Å². The third-order valence-corrected chi connectivity index (χ3v) is 4.25. The summed E-state index contributed by atoms with van der Waals surface area (Å²) >= 11 is 11.6. The van der Waals surface area contributed by atoms with Crippen LogP contribution in [-0.4, -0.2) is 18.1 Å². The minimum absolute atomic E-state index is 0.0131. The first kappa shape index (κ1) is 18.8. The first-order chi connectivity index (χ1) is 11.3. The molecule has 2 N–H and O–H groups in total. The van der Waals surface area contributed by atoms with Gasteiger partial charge in [-0.15, -0.1) is 0 Å². The molecule has 0 unspecified atom stereocenters. The standard InChI is InChI=1S/C16H13Br2FN2O2S/c1-8-5-10(18)6-11(14(8)23-2)15(22)21-16(24)20-13-4-3-9(17)7-12(13)19/h3-7H,1-2H3,(H2,20,21,22,24). The van der Waals surface area contributed by atoms with Crippen LogP contribution in [-0.2, 0) is 0 Å². The second kappa shape index (κ2) is 8.04. The van der Waals surface area contributed by atoms with Gasteiger partial charge in [0, 0.05) is 8.95 Å². The van der Waals surface area contributed by atoms with Crippen molar-refractivity contribution in [3.05, 3.63) is 56.2 Å². The average molecular weight is 476 g/mol. The lowest BCUT2D eigenvalue weighted by Gasteiger charge is -2.14. The number of aryl methyl sites for hydroxylation is 1. The van der Waals surface area contributed by atoms with Crippen LogP contribution in [0, 0.1) is 12.7 Å². The number of benzene rings is 2. The van der Waals surface area contributed by atoms with E-state index in [2.05, 4.69) is 42.5 Å². The zero-order chi connectivity index (χ0) is 17.9. The molecule has 0 saturated carbocycles. The smallest absolute Gasteiger partial charge is 0.261 e. The number of amides is 1. The maximum atomic E-state index is 13.8. The first-order valence-corrected chi connectivity index (χ1v) is 8.72. The molecule has 4 nitrogen and oxygen atoms in total.